The van der Waals surface area contributed by atoms with Gasteiger partial charge in [0.15, 0.2) is 5.69 Å². The monoisotopic (exact) mass is 1530 g/mol. The molecule has 8 aromatic heterocycles. The van der Waals surface area contributed by atoms with Gasteiger partial charge >= 0.3 is 12.4 Å². The molecule has 3 aliphatic heterocycles. The first-order valence-electron chi connectivity index (χ1n) is 34.9. The fourth-order valence-electron chi connectivity index (χ4n) is 13.6. The van der Waals surface area contributed by atoms with Crippen molar-refractivity contribution >= 4 is 87.2 Å². The van der Waals surface area contributed by atoms with Gasteiger partial charge in [-0.15, -0.1) is 6.42 Å². The third-order valence-corrected chi connectivity index (χ3v) is 19.2. The number of amides is 6. The maximum Gasteiger partial charge on any atom is 0.434 e. The first kappa shape index (κ1) is 77.1. The van der Waals surface area contributed by atoms with Gasteiger partial charge in [0.25, 0.3) is 17.7 Å². The van der Waals surface area contributed by atoms with E-state index in [1.807, 2.05) is 89.2 Å². The Morgan fingerprint density at radius 3 is 1.64 bits per heavy atom. The van der Waals surface area contributed by atoms with Crippen LogP contribution in [0.25, 0.3) is 33.6 Å². The molecule has 0 unspecified atom stereocenters. The van der Waals surface area contributed by atoms with Gasteiger partial charge in [0.2, 0.25) is 23.7 Å². The first-order valence-corrected chi connectivity index (χ1v) is 34.9. The molecule has 21 nitrogen and oxygen atoms in total. The number of terminal acetylenes is 1. The summed E-state index contributed by atoms with van der Waals surface area (Å²) in [5.74, 6) is -0.764. The lowest BCUT2D eigenvalue weighted by Gasteiger charge is -2.21. The third kappa shape index (κ3) is 15.0. The Morgan fingerprint density at radius 2 is 1.04 bits per heavy atom. The summed E-state index contributed by atoms with van der Waals surface area (Å²) in [5.41, 5.74) is 3.63. The van der Waals surface area contributed by atoms with E-state index in [4.69, 9.17) is 11.4 Å². The summed E-state index contributed by atoms with van der Waals surface area (Å²) in [7, 11) is 0. The minimum absolute atomic E-state index is 0.00275. The predicted molar refractivity (Wildman–Crippen MR) is 411 cm³/mol. The number of carbonyl (C=O) groups excluding carboxylic acids is 6. The fraction of sp³-hybridized carbons (Fsp3) is 0.165. The van der Waals surface area contributed by atoms with Crippen molar-refractivity contribution in [3.8, 4) is 46.0 Å². The van der Waals surface area contributed by atoms with E-state index in [9.17, 15) is 59.5 Å². The lowest BCUT2D eigenvalue weighted by Crippen LogP contribution is -2.34. The number of fused-ring (bicyclic) bond motifs is 3. The molecular weight excluding hydrogens is 1460 g/mol. The van der Waals surface area contributed by atoms with E-state index in [1.54, 1.807) is 118 Å². The number of nitrogens with zero attached hydrogens (tertiary/aromatic N) is 12. The summed E-state index contributed by atoms with van der Waals surface area (Å²) >= 11 is 0. The Hall–Kier alpha value is -14.1. The maximum atomic E-state index is 14.0. The molecule has 0 spiro atoms. The van der Waals surface area contributed by atoms with Crippen LogP contribution in [0.4, 0.5) is 82.4 Å². The molecule has 0 saturated heterocycles. The zero-order valence-corrected chi connectivity index (χ0v) is 61.7. The number of benzene rings is 4. The van der Waals surface area contributed by atoms with E-state index in [1.165, 1.54) is 58.9 Å². The molecule has 113 heavy (non-hydrogen) atoms. The van der Waals surface area contributed by atoms with Gasteiger partial charge in [-0.3, -0.25) is 53.5 Å². The number of anilines is 9. The summed E-state index contributed by atoms with van der Waals surface area (Å²) in [5, 5.41) is 7.77. The summed E-state index contributed by atoms with van der Waals surface area (Å²) in [6, 6.07) is 42.4. The molecule has 0 radical (unpaired) electrons. The normalized spacial score (nSPS) is 14.2. The van der Waals surface area contributed by atoms with Crippen LogP contribution in [0.1, 0.15) is 123 Å². The highest BCUT2D eigenvalue weighted by molar-refractivity contribution is 6.16. The SMILES string of the molecule is C#Cc1ccc(NC(=O)c2nc(-c3ccnc4c3C(C)(C)C(=O)N4c3cccnc3)ccc2C(F)(F)F)nc1.Cc1ccc(NC(=O)c2cc(-c3cccc4c3C(C)(C)C(=O)N4c3cncc(F)c3)cnc2C(F)(F)F)cc1.Cc1ccc(NC(=O)c2nc(-c3cccc4c3C(C)(C)C(=O)N4c3ncccn3)ccc2C)cc1. The average molecular weight is 1530 g/mol. The highest BCUT2D eigenvalue weighted by Crippen LogP contribution is 2.53. The molecule has 0 aliphatic carbocycles. The molecule has 3 N–H and O–H groups in total. The van der Waals surface area contributed by atoms with Gasteiger partial charge in [0, 0.05) is 88.0 Å². The van der Waals surface area contributed by atoms with E-state index in [2.05, 4.69) is 61.7 Å². The zero-order valence-electron chi connectivity index (χ0n) is 61.7. The van der Waals surface area contributed by atoms with Crippen LogP contribution >= 0.6 is 0 Å². The van der Waals surface area contributed by atoms with Crippen molar-refractivity contribution in [2.24, 2.45) is 0 Å². The molecule has 15 rings (SSSR count). The van der Waals surface area contributed by atoms with E-state index >= 15 is 0 Å². The molecule has 4 aromatic carbocycles. The zero-order chi connectivity index (χ0) is 80.8. The van der Waals surface area contributed by atoms with Crippen LogP contribution in [-0.4, -0.2) is 80.3 Å². The van der Waals surface area contributed by atoms with Crippen LogP contribution in [0.2, 0.25) is 0 Å². The number of rotatable bonds is 12. The smallest absolute Gasteiger partial charge is 0.322 e. The molecule has 0 saturated carbocycles. The molecule has 3 aliphatic rings. The minimum atomic E-state index is -4.88. The third-order valence-electron chi connectivity index (χ3n) is 19.2. The van der Waals surface area contributed by atoms with Crippen molar-refractivity contribution in [2.75, 3.05) is 30.7 Å². The summed E-state index contributed by atoms with van der Waals surface area (Å²) in [6.07, 6.45) is 8.01. The van der Waals surface area contributed by atoms with E-state index in [0.717, 1.165) is 58.0 Å². The molecule has 0 atom stereocenters. The van der Waals surface area contributed by atoms with Gasteiger partial charge in [0.1, 0.15) is 28.8 Å². The number of hydrogen-bond acceptors (Lipinski definition) is 15. The number of nitrogens with one attached hydrogen (secondary N) is 3. The van der Waals surface area contributed by atoms with Crippen LogP contribution in [0, 0.1) is 38.9 Å². The predicted octanol–water partition coefficient (Wildman–Crippen LogP) is 17.3. The molecular formula is C85H66F7N15O6. The number of pyridine rings is 7. The lowest BCUT2D eigenvalue weighted by molar-refractivity contribution is -0.141. The second-order valence-electron chi connectivity index (χ2n) is 28.1. The van der Waals surface area contributed by atoms with E-state index in [-0.39, 0.29) is 46.4 Å². The average Bonchev–Trinajstić information content (AvgIpc) is 1.61. The van der Waals surface area contributed by atoms with Crippen molar-refractivity contribution in [3.63, 3.8) is 0 Å². The van der Waals surface area contributed by atoms with Crippen LogP contribution in [0.3, 0.4) is 0 Å². The van der Waals surface area contributed by atoms with E-state index in [0.29, 0.717) is 73.7 Å². The Labute approximate surface area is 642 Å². The Bertz CT molecular complexity index is 5840. The van der Waals surface area contributed by atoms with Crippen LogP contribution in [0.15, 0.2) is 213 Å². The summed E-state index contributed by atoms with van der Waals surface area (Å²) < 4.78 is 97.2. The van der Waals surface area contributed by atoms with Gasteiger partial charge in [0.05, 0.1) is 80.1 Å². The highest BCUT2D eigenvalue weighted by Gasteiger charge is 2.51. The van der Waals surface area contributed by atoms with Gasteiger partial charge in [-0.2, -0.15) is 26.3 Å². The molecule has 0 bridgehead atoms. The Kier molecular flexibility index (Phi) is 20.5. The van der Waals surface area contributed by atoms with E-state index < -0.39 is 68.7 Å². The first-order chi connectivity index (χ1) is 53.7. The Balaban J connectivity index is 0.000000148. The van der Waals surface area contributed by atoms with Crippen LogP contribution < -0.4 is 30.7 Å². The second kappa shape index (κ2) is 30.1. The molecule has 566 valence electrons. The maximum absolute atomic E-state index is 14.0. The number of carbonyl (C=O) groups is 6. The summed E-state index contributed by atoms with van der Waals surface area (Å²) in [6.45, 7) is 16.2. The van der Waals surface area contributed by atoms with Gasteiger partial charge in [-0.25, -0.2) is 39.2 Å². The van der Waals surface area contributed by atoms with Gasteiger partial charge < -0.3 is 16.0 Å². The number of aromatic nitrogens is 9. The molecule has 12 aromatic rings. The number of aryl methyl sites for hydroxylation is 3. The number of hydrogen-bond donors (Lipinski definition) is 3. The topological polar surface area (TPSA) is 264 Å². The molecule has 28 heteroatoms. The van der Waals surface area contributed by atoms with Gasteiger partial charge in [-0.05, 0) is 176 Å². The van der Waals surface area contributed by atoms with Crippen molar-refractivity contribution in [1.29, 1.82) is 0 Å². The molecule has 11 heterocycles. The van der Waals surface area contributed by atoms with Crippen molar-refractivity contribution in [1.82, 2.24) is 44.9 Å². The minimum Gasteiger partial charge on any atom is -0.322 e. The molecule has 0 fully saturated rings. The van der Waals surface area contributed by atoms with Crippen molar-refractivity contribution in [3.05, 3.63) is 286 Å². The highest BCUT2D eigenvalue weighted by atomic mass is 19.4. The summed E-state index contributed by atoms with van der Waals surface area (Å²) in [4.78, 5) is 121. The number of alkyl halides is 6. The second-order valence-corrected chi connectivity index (χ2v) is 28.1. The fourth-order valence-corrected chi connectivity index (χ4v) is 13.6. The lowest BCUT2D eigenvalue weighted by atomic mass is 9.81. The molecule has 6 amide bonds. The van der Waals surface area contributed by atoms with Gasteiger partial charge in [-0.1, -0.05) is 71.6 Å². The van der Waals surface area contributed by atoms with Crippen LogP contribution in [-0.2, 0) is 43.0 Å². The van der Waals surface area contributed by atoms with Crippen molar-refractivity contribution < 1.29 is 59.5 Å². The Morgan fingerprint density at radius 1 is 0.469 bits per heavy atom. The standard InChI is InChI=1S/C29H22F4N4O2.C28H19F3N6O2.C28H25N5O2/c1-16-7-9-19(10-8-16)36-26(38)22-11-17(13-35-25(22)29(31,32)33)21-5-4-6-23-24(21)28(2,3)27(39)37(23)20-12-18(30)14-34-15-20;1-4-16-7-10-21(34-14-16)36-25(38)23-19(28(29,30)31)8-9-20(35-23)18-11-13-33-24-22(18)27(2,3)26(39)37(24)17-6-5-12-32-15-17;1-17-9-12-19(13-10-17)31-25(34)24-18(2)11-14-21(32-24)20-7-5-8-22-23(20)28(3,4)26(35)33(22)27-29-15-6-16-30-27/h4-15H,1-3H3,(H,36,38);1,5-15H,2-3H3,(H,34,36,38);5-16H,1-4H3,(H,31,34). The van der Waals surface area contributed by atoms with Crippen molar-refractivity contribution in [2.45, 2.75) is 90.9 Å². The quantitative estimate of drug-likeness (QED) is 0.0758. The van der Waals surface area contributed by atoms with Crippen LogP contribution in [0.5, 0.6) is 0 Å². The largest absolute Gasteiger partial charge is 0.434 e. The number of halogens is 7.